The third-order valence-corrected chi connectivity index (χ3v) is 24.2. The molecule has 2 aromatic carbocycles. The van der Waals surface area contributed by atoms with Crippen LogP contribution >= 0.6 is 35.3 Å². The zero-order valence-electron chi connectivity index (χ0n) is 81.1. The Bertz CT molecular complexity index is 5200. The van der Waals surface area contributed by atoms with Crippen molar-refractivity contribution in [2.24, 2.45) is 0 Å². The summed E-state index contributed by atoms with van der Waals surface area (Å²) in [4.78, 5) is 71.2. The molecular formula is C102H128FN15O14S3. The Labute approximate surface area is 805 Å². The first kappa shape index (κ1) is 103. The molecule has 0 spiro atoms. The number of pyridine rings is 6. The molecule has 0 bridgehead atoms. The molecule has 18 heterocycles. The van der Waals surface area contributed by atoms with Crippen LogP contribution in [0.25, 0.3) is 0 Å². The van der Waals surface area contributed by atoms with E-state index in [-0.39, 0.29) is 36.1 Å². The van der Waals surface area contributed by atoms with Crippen LogP contribution in [0.1, 0.15) is 266 Å². The number of nitrogens with one attached hydrogen (secondary N) is 5. The van der Waals surface area contributed by atoms with Gasteiger partial charge in [0, 0.05) is 74.6 Å². The van der Waals surface area contributed by atoms with Crippen LogP contribution in [0.5, 0.6) is 63.4 Å². The van der Waals surface area contributed by atoms with Crippen LogP contribution in [0.4, 0.5) is 33.2 Å². The largest absolute Gasteiger partial charge is 0.492 e. The number of aromatic nitrogens is 10. The minimum atomic E-state index is -0.188. The second kappa shape index (κ2) is 49.8. The van der Waals surface area contributed by atoms with Crippen molar-refractivity contribution in [3.05, 3.63) is 209 Å². The number of hydrogen-bond donors (Lipinski definition) is 5. The molecule has 135 heavy (non-hydrogen) atoms. The number of ether oxygens (including phenoxy) is 11. The summed E-state index contributed by atoms with van der Waals surface area (Å²) in [6, 6.07) is 27.3. The van der Waals surface area contributed by atoms with Crippen molar-refractivity contribution in [2.75, 3.05) is 110 Å². The number of benzene rings is 2. The third-order valence-electron chi connectivity index (χ3n) is 21.2. The zero-order valence-corrected chi connectivity index (χ0v) is 83.5. The number of hydrogen-bond acceptors (Lipinski definition) is 29. The molecule has 29 nitrogen and oxygen atoms in total. The molecule has 10 aromatic rings. The van der Waals surface area contributed by atoms with Gasteiger partial charge < -0.3 is 78.7 Å². The molecule has 0 radical (unpaired) electrons. The van der Waals surface area contributed by atoms with Gasteiger partial charge in [0.1, 0.15) is 87.8 Å². The molecule has 3 amide bonds. The van der Waals surface area contributed by atoms with Crippen LogP contribution in [-0.4, -0.2) is 151 Å². The normalized spacial score (nSPS) is 14.8. The van der Waals surface area contributed by atoms with Gasteiger partial charge in [-0.15, -0.1) is 28.6 Å². The van der Waals surface area contributed by atoms with E-state index in [9.17, 15) is 18.8 Å². The standard InChI is InChI=1S/C11H12FNOS.C11H14N2O.C11H13NO2.C11H15NO.C10H13N3O.C10H12N2OS.2C10H13NO2.C9H12N2O2.C9H11NOS/c1-6(2)7-3-9-10(4-8(7)12)15-5-11(14)13-9;1-7(2)9-4-5-10-11(13-9)12-8(3)6-14-10;1-7(2)8-3-4-10-9(5-8)12-11(13)6-14-10;1-8(2)10-6-9-4-3-5-13-11(9)7-12-10;1-6(2)9-11-4-8-10(13-9)12-7(3)5-14-8;1-6(2)7-3-4-8-10(11-7)12-9(13)5-14-8;2*1-7(2)8-5-9-10(6-11-8)13-4-3-12-9;1-6(2)7-5-8-9(11-10-7)13-4-3-12-8;1-6(2)7-3-9-8(4-10-7)11-5-12-9/h3-4,6H,5H2,1-2H3,(H,13,14);4-5,7H,3,6H2,1-2H3,(H,12,13);3-5,7H,6H2,1-2H3,(H,12,13);6-8H,3-5H2,1-2H3;4,6H,3,5H2,1-2H3,(H,11,12,13);3-4,6H,5H2,1-2H3,(H,11,12,13);2*5-7H,3-4H2,1-2H3;5-6H,3-4H2,1-2H3;3-4,6H,5H2,1-2H3. The summed E-state index contributed by atoms with van der Waals surface area (Å²) in [5.74, 6) is 16.9. The van der Waals surface area contributed by atoms with Crippen LogP contribution in [0.3, 0.4) is 0 Å². The fourth-order valence-corrected chi connectivity index (χ4v) is 15.7. The molecule has 0 atom stereocenters. The lowest BCUT2D eigenvalue weighted by molar-refractivity contribution is -0.118. The number of carbonyl (C=O) groups excluding carboxylic acids is 3. The van der Waals surface area contributed by atoms with Gasteiger partial charge in [0.25, 0.3) is 11.8 Å². The number of halogens is 1. The predicted octanol–water partition coefficient (Wildman–Crippen LogP) is 22.3. The molecule has 10 aliphatic rings. The quantitative estimate of drug-likeness (QED) is 0.0849. The molecular weight excluding hydrogens is 1770 g/mol. The second-order valence-corrected chi connectivity index (χ2v) is 38.6. The number of carbonyl (C=O) groups is 3. The monoisotopic (exact) mass is 1900 g/mol. The minimum Gasteiger partial charge on any atom is -0.492 e. The van der Waals surface area contributed by atoms with Crippen molar-refractivity contribution >= 4 is 81.8 Å². The van der Waals surface area contributed by atoms with E-state index < -0.39 is 0 Å². The van der Waals surface area contributed by atoms with Crippen molar-refractivity contribution in [2.45, 2.75) is 225 Å². The van der Waals surface area contributed by atoms with Crippen LogP contribution in [0, 0.1) is 5.82 Å². The van der Waals surface area contributed by atoms with Gasteiger partial charge in [0.2, 0.25) is 11.8 Å². The van der Waals surface area contributed by atoms with E-state index >= 15 is 0 Å². The zero-order chi connectivity index (χ0) is 97.1. The lowest BCUT2D eigenvalue weighted by Crippen LogP contribution is -2.25. The summed E-state index contributed by atoms with van der Waals surface area (Å²) in [6.45, 7) is 55.1. The molecule has 20 rings (SSSR count). The van der Waals surface area contributed by atoms with Crippen molar-refractivity contribution in [1.29, 1.82) is 0 Å². The summed E-state index contributed by atoms with van der Waals surface area (Å²) in [7, 11) is 0. The van der Waals surface area contributed by atoms with Crippen molar-refractivity contribution in [3.8, 4) is 63.4 Å². The van der Waals surface area contributed by atoms with E-state index in [1.807, 2.05) is 86.9 Å². The highest BCUT2D eigenvalue weighted by molar-refractivity contribution is 8.00. The number of thioether (sulfide) groups is 3. The van der Waals surface area contributed by atoms with Gasteiger partial charge in [-0.25, -0.2) is 24.3 Å². The van der Waals surface area contributed by atoms with E-state index in [0.29, 0.717) is 141 Å². The number of rotatable bonds is 10. The van der Waals surface area contributed by atoms with Gasteiger partial charge in [-0.05, 0) is 143 Å². The van der Waals surface area contributed by atoms with Gasteiger partial charge >= 0.3 is 0 Å². The lowest BCUT2D eigenvalue weighted by atomic mass is 10.0. The Morgan fingerprint density at radius 2 is 0.815 bits per heavy atom. The van der Waals surface area contributed by atoms with Crippen molar-refractivity contribution in [1.82, 2.24) is 50.1 Å². The van der Waals surface area contributed by atoms with Crippen LogP contribution in [-0.2, 0) is 20.8 Å². The number of nitrogens with zero attached hydrogens (tertiary/aromatic N) is 10. The Balaban J connectivity index is 0.000000144. The molecule has 33 heteroatoms. The first-order valence-electron chi connectivity index (χ1n) is 45.9. The fraction of sp³-hybridized carbons (Fsp3) is 0.441. The summed E-state index contributed by atoms with van der Waals surface area (Å²) >= 11 is 4.66. The number of anilines is 5. The van der Waals surface area contributed by atoms with E-state index in [4.69, 9.17) is 52.1 Å². The molecule has 5 N–H and O–H groups in total. The van der Waals surface area contributed by atoms with Crippen LogP contribution in [0.15, 0.2) is 155 Å². The third kappa shape index (κ3) is 30.4. The molecule has 0 fully saturated rings. The van der Waals surface area contributed by atoms with Gasteiger partial charge in [0.15, 0.2) is 64.2 Å². The van der Waals surface area contributed by atoms with E-state index in [2.05, 4.69) is 227 Å². The summed E-state index contributed by atoms with van der Waals surface area (Å²) in [5, 5.41) is 22.5. The van der Waals surface area contributed by atoms with Crippen molar-refractivity contribution < 1.29 is 70.9 Å². The van der Waals surface area contributed by atoms with Gasteiger partial charge in [-0.2, -0.15) is 5.10 Å². The smallest absolute Gasteiger partial charge is 0.276 e. The molecule has 0 aliphatic carbocycles. The van der Waals surface area contributed by atoms with Gasteiger partial charge in [0.05, 0.1) is 76.0 Å². The maximum atomic E-state index is 13.6. The lowest BCUT2D eigenvalue weighted by Gasteiger charge is -2.20. The van der Waals surface area contributed by atoms with Crippen molar-refractivity contribution in [3.63, 3.8) is 0 Å². The SMILES string of the molecule is C=C1COc2ccc(C(C)C)nc2N1.C=C1COc2cnc(C(C)C)nc2N1.CC(C)c1cc2c(cc1F)SCC(=O)N2.CC(C)c1cc2c(cn1)OCCC2.CC(C)c1cc2c(cn1)OCCO2.CC(C)c1cc2c(cn1)OCCO2.CC(C)c1cc2c(cn1)OCS2.CC(C)c1cc2c(nn1)OCCO2.CC(C)c1ccc2c(c1)NC(=O)CO2.CC(C)c1ccc2c(n1)NC(=O)CS2. The minimum absolute atomic E-state index is 0.0196. The number of amides is 3. The fourth-order valence-electron chi connectivity index (χ4n) is 13.3. The first-order valence-corrected chi connectivity index (χ1v) is 48.9. The highest BCUT2D eigenvalue weighted by atomic mass is 32.2. The van der Waals surface area contributed by atoms with Gasteiger partial charge in [-0.1, -0.05) is 169 Å². The Kier molecular flexibility index (Phi) is 38.1. The summed E-state index contributed by atoms with van der Waals surface area (Å²) in [5.41, 5.74) is 13.8. The Morgan fingerprint density at radius 1 is 0.333 bits per heavy atom. The Hall–Kier alpha value is -12.2. The second-order valence-electron chi connectivity index (χ2n) is 35.6. The van der Waals surface area contributed by atoms with Gasteiger partial charge in [-0.3, -0.25) is 34.3 Å². The summed E-state index contributed by atoms with van der Waals surface area (Å²) < 4.78 is 72.8. The topological polar surface area (TPSA) is 342 Å². The molecule has 0 saturated heterocycles. The van der Waals surface area contributed by atoms with E-state index in [1.54, 1.807) is 48.2 Å². The van der Waals surface area contributed by atoms with Crippen LogP contribution < -0.4 is 78.7 Å². The number of fused-ring (bicyclic) bond motifs is 10. The number of aryl methyl sites for hydroxylation is 1. The average Bonchev–Trinajstić information content (AvgIpc) is 1.24. The van der Waals surface area contributed by atoms with Crippen LogP contribution in [0.2, 0.25) is 0 Å². The summed E-state index contributed by atoms with van der Waals surface area (Å²) in [6.07, 6.45) is 11.1. The average molecular weight is 1900 g/mol. The maximum Gasteiger partial charge on any atom is 0.276 e. The first-order chi connectivity index (χ1) is 64.6. The predicted molar refractivity (Wildman–Crippen MR) is 531 cm³/mol. The Morgan fingerprint density at radius 3 is 1.41 bits per heavy atom. The highest BCUT2D eigenvalue weighted by Crippen LogP contribution is 2.41. The molecule has 8 aromatic heterocycles. The van der Waals surface area contributed by atoms with E-state index in [1.165, 1.54) is 39.5 Å². The maximum absolute atomic E-state index is 13.6. The molecule has 10 aliphatic heterocycles. The molecule has 720 valence electrons. The van der Waals surface area contributed by atoms with E-state index in [0.717, 1.165) is 161 Å². The molecule has 0 saturated carbocycles. The molecule has 0 unspecified atom stereocenters. The highest BCUT2D eigenvalue weighted by Gasteiger charge is 2.26.